The molecule has 182 valence electrons. The molecular weight excluding hydrogens is 466 g/mol. The van der Waals surface area contributed by atoms with Crippen molar-refractivity contribution in [1.82, 2.24) is 4.98 Å². The van der Waals surface area contributed by atoms with Crippen molar-refractivity contribution in [1.29, 1.82) is 0 Å². The number of methoxy groups -OCH3 is 1. The van der Waals surface area contributed by atoms with Gasteiger partial charge in [0.2, 0.25) is 11.8 Å². The Hall–Kier alpha value is -3.72. The van der Waals surface area contributed by atoms with Gasteiger partial charge in [0.1, 0.15) is 12.4 Å². The fourth-order valence-electron chi connectivity index (χ4n) is 3.93. The van der Waals surface area contributed by atoms with Gasteiger partial charge < -0.3 is 14.4 Å². The van der Waals surface area contributed by atoms with Crippen molar-refractivity contribution in [2.45, 2.75) is 33.3 Å². The van der Waals surface area contributed by atoms with Crippen LogP contribution in [-0.4, -0.2) is 36.4 Å². The van der Waals surface area contributed by atoms with Crippen LogP contribution < -0.4 is 14.5 Å². The molecule has 1 fully saturated rings. The van der Waals surface area contributed by atoms with Crippen molar-refractivity contribution in [3.8, 4) is 5.75 Å². The van der Waals surface area contributed by atoms with Crippen molar-refractivity contribution in [3.05, 3.63) is 65.2 Å². The molecule has 3 aromatic rings. The summed E-state index contributed by atoms with van der Waals surface area (Å²) < 4.78 is 10.7. The number of carbonyl (C=O) groups excluding carboxylic acids is 3. The lowest BCUT2D eigenvalue weighted by Gasteiger charge is -2.18. The van der Waals surface area contributed by atoms with Crippen LogP contribution in [0.25, 0.3) is 0 Å². The molecule has 1 saturated heterocycles. The number of carbonyl (C=O) groups is 3. The molecule has 0 bridgehead atoms. The van der Waals surface area contributed by atoms with E-state index < -0.39 is 11.9 Å². The van der Waals surface area contributed by atoms with E-state index in [0.717, 1.165) is 12.1 Å². The van der Waals surface area contributed by atoms with E-state index in [-0.39, 0.29) is 31.4 Å². The zero-order chi connectivity index (χ0) is 24.9. The smallest absolute Gasteiger partial charge is 0.311 e. The Balaban J connectivity index is 1.38. The fraction of sp³-hybridized carbons (Fsp3) is 0.308. The van der Waals surface area contributed by atoms with Crippen molar-refractivity contribution in [2.75, 3.05) is 23.5 Å². The van der Waals surface area contributed by atoms with Crippen molar-refractivity contribution in [2.24, 2.45) is 5.92 Å². The number of thiazole rings is 1. The number of amides is 2. The summed E-state index contributed by atoms with van der Waals surface area (Å²) in [6, 6.07) is 14.9. The van der Waals surface area contributed by atoms with Gasteiger partial charge in [-0.1, -0.05) is 25.1 Å². The molecule has 2 heterocycles. The largest absolute Gasteiger partial charge is 0.497 e. The van der Waals surface area contributed by atoms with Gasteiger partial charge in [-0.05, 0) is 36.2 Å². The van der Waals surface area contributed by atoms with Gasteiger partial charge in [0.25, 0.3) is 0 Å². The Bertz CT molecular complexity index is 1220. The minimum Gasteiger partial charge on any atom is -0.497 e. The molecule has 0 radical (unpaired) electrons. The number of benzene rings is 2. The second-order valence-electron chi connectivity index (χ2n) is 8.21. The number of rotatable bonds is 8. The molecule has 0 spiro atoms. The van der Waals surface area contributed by atoms with Gasteiger partial charge in [-0.3, -0.25) is 19.3 Å². The molecule has 0 N–H and O–H groups in total. The quantitative estimate of drug-likeness (QED) is 0.430. The van der Waals surface area contributed by atoms with Gasteiger partial charge >= 0.3 is 5.97 Å². The van der Waals surface area contributed by atoms with Crippen LogP contribution in [0.3, 0.4) is 0 Å². The fourth-order valence-corrected chi connectivity index (χ4v) is 4.80. The third-order valence-corrected chi connectivity index (χ3v) is 6.71. The van der Waals surface area contributed by atoms with E-state index in [1.54, 1.807) is 35.6 Å². The molecule has 8 nitrogen and oxygen atoms in total. The molecule has 1 aliphatic heterocycles. The zero-order valence-corrected chi connectivity index (χ0v) is 20.7. The number of hydrogen-bond acceptors (Lipinski definition) is 7. The summed E-state index contributed by atoms with van der Waals surface area (Å²) in [5.74, 6) is -0.660. The monoisotopic (exact) mass is 493 g/mol. The van der Waals surface area contributed by atoms with Gasteiger partial charge in [-0.25, -0.2) is 4.98 Å². The zero-order valence-electron chi connectivity index (χ0n) is 19.9. The first-order chi connectivity index (χ1) is 16.9. The van der Waals surface area contributed by atoms with Crippen LogP contribution >= 0.6 is 11.3 Å². The third kappa shape index (κ3) is 5.51. The summed E-state index contributed by atoms with van der Waals surface area (Å²) in [5.41, 5.74) is 3.14. The lowest BCUT2D eigenvalue weighted by atomic mass is 10.1. The maximum Gasteiger partial charge on any atom is 0.311 e. The molecule has 1 aliphatic rings. The van der Waals surface area contributed by atoms with Crippen molar-refractivity contribution >= 4 is 45.6 Å². The number of esters is 1. The SMILES string of the molecule is CCc1ccc(N(C(C)=O)c2nc(COC(=O)C3CC(=O)N(c4cccc(OC)c4)C3)cs2)cc1. The first-order valence-corrected chi connectivity index (χ1v) is 12.2. The van der Waals surface area contributed by atoms with Gasteiger partial charge in [0, 0.05) is 37.0 Å². The summed E-state index contributed by atoms with van der Waals surface area (Å²) in [6.07, 6.45) is 1.00. The summed E-state index contributed by atoms with van der Waals surface area (Å²) in [7, 11) is 1.56. The lowest BCUT2D eigenvalue weighted by molar-refractivity contribution is -0.149. The average Bonchev–Trinajstić information content (AvgIpc) is 3.49. The minimum atomic E-state index is -0.558. The highest BCUT2D eigenvalue weighted by Gasteiger charge is 2.36. The molecule has 0 saturated carbocycles. The summed E-state index contributed by atoms with van der Waals surface area (Å²) >= 11 is 1.30. The molecular formula is C26H27N3O5S. The van der Waals surface area contributed by atoms with Crippen LogP contribution in [0.4, 0.5) is 16.5 Å². The van der Waals surface area contributed by atoms with E-state index in [1.807, 2.05) is 30.3 Å². The van der Waals surface area contributed by atoms with Crippen LogP contribution in [0, 0.1) is 5.92 Å². The molecule has 1 aromatic heterocycles. The lowest BCUT2D eigenvalue weighted by Crippen LogP contribution is -2.26. The van der Waals surface area contributed by atoms with Crippen molar-refractivity contribution < 1.29 is 23.9 Å². The molecule has 1 unspecified atom stereocenters. The number of anilines is 3. The predicted octanol–water partition coefficient (Wildman–Crippen LogP) is 4.50. The normalized spacial score (nSPS) is 15.2. The molecule has 0 aliphatic carbocycles. The highest BCUT2D eigenvalue weighted by molar-refractivity contribution is 7.14. The van der Waals surface area contributed by atoms with Gasteiger partial charge in [0.15, 0.2) is 5.13 Å². The summed E-state index contributed by atoms with van der Waals surface area (Å²) in [6.45, 7) is 3.78. The van der Waals surface area contributed by atoms with Crippen LogP contribution in [0.2, 0.25) is 0 Å². The summed E-state index contributed by atoms with van der Waals surface area (Å²) in [5, 5.41) is 2.27. The predicted molar refractivity (Wildman–Crippen MR) is 134 cm³/mol. The molecule has 4 rings (SSSR count). The van der Waals surface area contributed by atoms with Gasteiger partial charge in [-0.2, -0.15) is 0 Å². The number of hydrogen-bond donors (Lipinski definition) is 0. The van der Waals surface area contributed by atoms with Crippen molar-refractivity contribution in [3.63, 3.8) is 0 Å². The summed E-state index contributed by atoms with van der Waals surface area (Å²) in [4.78, 5) is 45.1. The Morgan fingerprint density at radius 3 is 2.66 bits per heavy atom. The molecule has 9 heteroatoms. The first-order valence-electron chi connectivity index (χ1n) is 11.3. The number of aromatic nitrogens is 1. The van der Waals surface area contributed by atoms with E-state index in [1.165, 1.54) is 28.7 Å². The average molecular weight is 494 g/mol. The number of ether oxygens (including phenoxy) is 2. The second kappa shape index (κ2) is 10.7. The van der Waals surface area contributed by atoms with Gasteiger partial charge in [-0.15, -0.1) is 11.3 Å². The van der Waals surface area contributed by atoms with Crippen LogP contribution in [0.15, 0.2) is 53.9 Å². The standard InChI is InChI=1S/C26H27N3O5S/c1-4-18-8-10-21(11-9-18)29(17(2)30)26-27-20(16-35-26)15-34-25(32)19-12-24(31)28(14-19)22-6-5-7-23(13-22)33-3/h5-11,13,16,19H,4,12,14-15H2,1-3H3. The third-order valence-electron chi connectivity index (χ3n) is 5.83. The Labute approximate surface area is 208 Å². The van der Waals surface area contributed by atoms with E-state index in [4.69, 9.17) is 9.47 Å². The van der Waals surface area contributed by atoms with E-state index in [9.17, 15) is 14.4 Å². The first kappa shape index (κ1) is 24.4. The van der Waals surface area contributed by atoms with Crippen LogP contribution in [0.1, 0.15) is 31.5 Å². The number of nitrogens with zero attached hydrogens (tertiary/aromatic N) is 3. The maximum atomic E-state index is 12.7. The topological polar surface area (TPSA) is 89.0 Å². The molecule has 1 atom stereocenters. The molecule has 2 aromatic carbocycles. The maximum absolute atomic E-state index is 12.7. The molecule has 2 amide bonds. The van der Waals surface area contributed by atoms with E-state index in [2.05, 4.69) is 11.9 Å². The van der Waals surface area contributed by atoms with Crippen LogP contribution in [0.5, 0.6) is 5.75 Å². The number of aryl methyl sites for hydroxylation is 1. The Kier molecular flexibility index (Phi) is 7.45. The highest BCUT2D eigenvalue weighted by Crippen LogP contribution is 2.31. The second-order valence-corrected chi connectivity index (χ2v) is 9.05. The van der Waals surface area contributed by atoms with Crippen LogP contribution in [-0.2, 0) is 32.1 Å². The highest BCUT2D eigenvalue weighted by atomic mass is 32.1. The van der Waals surface area contributed by atoms with Gasteiger partial charge in [0.05, 0.1) is 24.4 Å². The van der Waals surface area contributed by atoms with E-state index >= 15 is 0 Å². The Morgan fingerprint density at radius 1 is 1.20 bits per heavy atom. The van der Waals surface area contributed by atoms with E-state index in [0.29, 0.717) is 22.3 Å². The minimum absolute atomic E-state index is 0.0281. The Morgan fingerprint density at radius 2 is 1.97 bits per heavy atom. The molecule has 35 heavy (non-hydrogen) atoms.